The molecule has 0 saturated heterocycles. The summed E-state index contributed by atoms with van der Waals surface area (Å²) in [5, 5.41) is 5.67. The van der Waals surface area contributed by atoms with Gasteiger partial charge in [0.1, 0.15) is 12.3 Å². The van der Waals surface area contributed by atoms with Gasteiger partial charge in [0, 0.05) is 24.2 Å². The highest BCUT2D eigenvalue weighted by Gasteiger charge is 2.20. The molecule has 0 bridgehead atoms. The SMILES string of the molecule is NC(=O)C(CCC=O)NC(=O)c1cc(NCc2ccccc2)ccc1C=O. The highest BCUT2D eigenvalue weighted by Crippen LogP contribution is 2.16. The van der Waals surface area contributed by atoms with E-state index in [1.165, 1.54) is 6.07 Å². The highest BCUT2D eigenvalue weighted by atomic mass is 16.2. The van der Waals surface area contributed by atoms with Gasteiger partial charge in [0.25, 0.3) is 5.91 Å². The second-order valence-corrected chi connectivity index (χ2v) is 5.93. The molecule has 2 aromatic carbocycles. The third-order valence-electron chi connectivity index (χ3n) is 3.99. The molecule has 7 nitrogen and oxygen atoms in total. The standard InChI is InChI=1S/C20H21N3O4/c21-19(26)18(7-4-10-24)23-20(27)17-11-16(9-8-15(17)13-25)22-12-14-5-2-1-3-6-14/h1-3,5-6,8-11,13,18,22H,4,7,12H2,(H2,21,26)(H,23,27). The third kappa shape index (κ3) is 5.78. The van der Waals surface area contributed by atoms with Crippen LogP contribution in [0.25, 0.3) is 0 Å². The highest BCUT2D eigenvalue weighted by molar-refractivity contribution is 6.03. The summed E-state index contributed by atoms with van der Waals surface area (Å²) in [6.45, 7) is 0.547. The fraction of sp³-hybridized carbons (Fsp3) is 0.200. The maximum Gasteiger partial charge on any atom is 0.252 e. The Hall–Kier alpha value is -3.48. The normalized spacial score (nSPS) is 11.3. The fourth-order valence-corrected chi connectivity index (χ4v) is 2.52. The van der Waals surface area contributed by atoms with E-state index in [-0.39, 0.29) is 24.0 Å². The van der Waals surface area contributed by atoms with Crippen LogP contribution >= 0.6 is 0 Å². The van der Waals surface area contributed by atoms with E-state index in [9.17, 15) is 19.2 Å². The number of rotatable bonds is 10. The molecule has 1 unspecified atom stereocenters. The van der Waals surface area contributed by atoms with Crippen LogP contribution in [-0.2, 0) is 16.1 Å². The molecule has 27 heavy (non-hydrogen) atoms. The summed E-state index contributed by atoms with van der Waals surface area (Å²) >= 11 is 0. The molecule has 0 heterocycles. The number of nitrogens with two attached hydrogens (primary N) is 1. The zero-order valence-electron chi connectivity index (χ0n) is 14.7. The number of carbonyl (C=O) groups excluding carboxylic acids is 4. The summed E-state index contributed by atoms with van der Waals surface area (Å²) in [5.41, 5.74) is 7.29. The molecule has 0 radical (unpaired) electrons. The maximum absolute atomic E-state index is 12.5. The minimum Gasteiger partial charge on any atom is -0.381 e. The van der Waals surface area contributed by atoms with Crippen molar-refractivity contribution in [2.45, 2.75) is 25.4 Å². The van der Waals surface area contributed by atoms with Crippen LogP contribution in [-0.4, -0.2) is 30.4 Å². The first-order valence-electron chi connectivity index (χ1n) is 8.46. The summed E-state index contributed by atoms with van der Waals surface area (Å²) in [6.07, 6.45) is 1.41. The van der Waals surface area contributed by atoms with E-state index in [1.807, 2.05) is 30.3 Å². The van der Waals surface area contributed by atoms with Crippen molar-refractivity contribution in [2.24, 2.45) is 5.73 Å². The first-order chi connectivity index (χ1) is 13.0. The summed E-state index contributed by atoms with van der Waals surface area (Å²) in [6, 6.07) is 13.5. The molecule has 140 valence electrons. The van der Waals surface area contributed by atoms with Gasteiger partial charge in [0.15, 0.2) is 6.29 Å². The molecular formula is C20H21N3O4. The number of carbonyl (C=O) groups is 4. The van der Waals surface area contributed by atoms with Crippen molar-refractivity contribution in [1.82, 2.24) is 5.32 Å². The van der Waals surface area contributed by atoms with E-state index >= 15 is 0 Å². The van der Waals surface area contributed by atoms with Gasteiger partial charge < -0.3 is 21.2 Å². The molecule has 4 N–H and O–H groups in total. The van der Waals surface area contributed by atoms with Gasteiger partial charge in [-0.2, -0.15) is 0 Å². The Kier molecular flexibility index (Phi) is 7.25. The van der Waals surface area contributed by atoms with Gasteiger partial charge >= 0.3 is 0 Å². The van der Waals surface area contributed by atoms with Crippen molar-refractivity contribution in [3.05, 3.63) is 65.2 Å². The van der Waals surface area contributed by atoms with Crippen LogP contribution in [0.1, 0.15) is 39.1 Å². The summed E-state index contributed by atoms with van der Waals surface area (Å²) in [4.78, 5) is 45.8. The summed E-state index contributed by atoms with van der Waals surface area (Å²) in [5.74, 6) is -1.34. The summed E-state index contributed by atoms with van der Waals surface area (Å²) in [7, 11) is 0. The molecule has 0 aliphatic carbocycles. The number of benzene rings is 2. The number of hydrogen-bond acceptors (Lipinski definition) is 5. The molecule has 1 atom stereocenters. The van der Waals surface area contributed by atoms with Crippen molar-refractivity contribution in [2.75, 3.05) is 5.32 Å². The van der Waals surface area contributed by atoms with Crippen molar-refractivity contribution in [3.8, 4) is 0 Å². The third-order valence-corrected chi connectivity index (χ3v) is 3.99. The van der Waals surface area contributed by atoms with Gasteiger partial charge in [-0.15, -0.1) is 0 Å². The van der Waals surface area contributed by atoms with Crippen LogP contribution in [0.4, 0.5) is 5.69 Å². The van der Waals surface area contributed by atoms with E-state index in [1.54, 1.807) is 12.1 Å². The first-order valence-corrected chi connectivity index (χ1v) is 8.46. The van der Waals surface area contributed by atoms with E-state index in [0.717, 1.165) is 5.56 Å². The van der Waals surface area contributed by atoms with Gasteiger partial charge in [0.05, 0.1) is 5.56 Å². The first kappa shape index (κ1) is 19.8. The van der Waals surface area contributed by atoms with Gasteiger partial charge in [0.2, 0.25) is 5.91 Å². The number of hydrogen-bond donors (Lipinski definition) is 3. The van der Waals surface area contributed by atoms with Crippen LogP contribution in [0.15, 0.2) is 48.5 Å². The molecule has 0 saturated carbocycles. The lowest BCUT2D eigenvalue weighted by molar-refractivity contribution is -0.120. The van der Waals surface area contributed by atoms with Crippen LogP contribution in [0.3, 0.4) is 0 Å². The Morgan fingerprint density at radius 1 is 1.07 bits per heavy atom. The molecule has 0 aliphatic rings. The van der Waals surface area contributed by atoms with Crippen molar-refractivity contribution in [1.29, 1.82) is 0 Å². The number of anilines is 1. The van der Waals surface area contributed by atoms with Crippen molar-refractivity contribution in [3.63, 3.8) is 0 Å². The Balaban J connectivity index is 2.15. The lowest BCUT2D eigenvalue weighted by atomic mass is 10.0. The predicted molar refractivity (Wildman–Crippen MR) is 101 cm³/mol. The largest absolute Gasteiger partial charge is 0.381 e. The molecule has 2 aromatic rings. The molecule has 0 aromatic heterocycles. The zero-order valence-corrected chi connectivity index (χ0v) is 14.7. The van der Waals surface area contributed by atoms with E-state index in [4.69, 9.17) is 5.73 Å². The number of amides is 2. The lowest BCUT2D eigenvalue weighted by Crippen LogP contribution is -2.44. The Morgan fingerprint density at radius 2 is 1.81 bits per heavy atom. The lowest BCUT2D eigenvalue weighted by Gasteiger charge is -2.16. The Labute approximate surface area is 156 Å². The smallest absolute Gasteiger partial charge is 0.252 e. The predicted octanol–water partition coefficient (Wildman–Crippen LogP) is 1.67. The topological polar surface area (TPSA) is 118 Å². The van der Waals surface area contributed by atoms with Gasteiger partial charge in [-0.05, 0) is 30.2 Å². The van der Waals surface area contributed by atoms with E-state index in [2.05, 4.69) is 10.6 Å². The van der Waals surface area contributed by atoms with Gasteiger partial charge in [-0.3, -0.25) is 14.4 Å². The number of aldehydes is 2. The molecule has 0 aliphatic heterocycles. The van der Waals surface area contributed by atoms with Crippen LogP contribution in [0.2, 0.25) is 0 Å². The average Bonchev–Trinajstić information content (AvgIpc) is 2.69. The minimum absolute atomic E-state index is 0.0904. The van der Waals surface area contributed by atoms with Gasteiger partial charge in [-0.1, -0.05) is 30.3 Å². The quantitative estimate of drug-likeness (QED) is 0.552. The molecule has 2 rings (SSSR count). The Bertz CT molecular complexity index is 821. The summed E-state index contributed by atoms with van der Waals surface area (Å²) < 4.78 is 0. The van der Waals surface area contributed by atoms with Gasteiger partial charge in [-0.25, -0.2) is 0 Å². The molecule has 0 fully saturated rings. The molecule has 7 heteroatoms. The van der Waals surface area contributed by atoms with Crippen molar-refractivity contribution >= 4 is 30.1 Å². The van der Waals surface area contributed by atoms with E-state index in [0.29, 0.717) is 24.8 Å². The molecule has 2 amide bonds. The fourth-order valence-electron chi connectivity index (χ4n) is 2.52. The van der Waals surface area contributed by atoms with Crippen LogP contribution in [0.5, 0.6) is 0 Å². The van der Waals surface area contributed by atoms with Crippen molar-refractivity contribution < 1.29 is 19.2 Å². The van der Waals surface area contributed by atoms with E-state index < -0.39 is 17.9 Å². The Morgan fingerprint density at radius 3 is 2.44 bits per heavy atom. The number of primary amides is 1. The average molecular weight is 367 g/mol. The maximum atomic E-state index is 12.5. The second kappa shape index (κ2) is 9.86. The molecular weight excluding hydrogens is 346 g/mol. The zero-order chi connectivity index (χ0) is 19.6. The molecule has 0 spiro atoms. The van der Waals surface area contributed by atoms with Crippen LogP contribution in [0, 0.1) is 0 Å². The monoisotopic (exact) mass is 367 g/mol. The van der Waals surface area contributed by atoms with Crippen LogP contribution < -0.4 is 16.4 Å². The second-order valence-electron chi connectivity index (χ2n) is 5.93. The minimum atomic E-state index is -0.983. The number of nitrogens with one attached hydrogen (secondary N) is 2.